The lowest BCUT2D eigenvalue weighted by Gasteiger charge is -2.15. The van der Waals surface area contributed by atoms with E-state index in [4.69, 9.17) is 0 Å². The zero-order valence-electron chi connectivity index (χ0n) is 10.3. The number of amides is 1. The van der Waals surface area contributed by atoms with Crippen LogP contribution in [0.15, 0.2) is 30.3 Å². The number of benzene rings is 1. The van der Waals surface area contributed by atoms with E-state index in [9.17, 15) is 4.79 Å². The first-order valence-electron chi connectivity index (χ1n) is 5.51. The summed E-state index contributed by atoms with van der Waals surface area (Å²) in [6, 6.07) is 9.84. The SMILES string of the molecule is CNc1nnc(C(=O)N(C)Cc2ccccc2)s1. The van der Waals surface area contributed by atoms with Crippen LogP contribution in [0, 0.1) is 0 Å². The number of carbonyl (C=O) groups excluding carboxylic acids is 1. The van der Waals surface area contributed by atoms with Crippen LogP contribution in [-0.2, 0) is 6.54 Å². The molecule has 1 N–H and O–H groups in total. The normalized spacial score (nSPS) is 10.1. The first-order chi connectivity index (χ1) is 8.70. The Labute approximate surface area is 109 Å². The molecular weight excluding hydrogens is 248 g/mol. The van der Waals surface area contributed by atoms with Crippen molar-refractivity contribution in [1.82, 2.24) is 15.1 Å². The van der Waals surface area contributed by atoms with Crippen molar-refractivity contribution >= 4 is 22.4 Å². The van der Waals surface area contributed by atoms with Crippen molar-refractivity contribution in [3.05, 3.63) is 40.9 Å². The maximum absolute atomic E-state index is 12.1. The largest absolute Gasteiger partial charge is 0.363 e. The van der Waals surface area contributed by atoms with Crippen LogP contribution in [0.2, 0.25) is 0 Å². The van der Waals surface area contributed by atoms with Gasteiger partial charge in [0.25, 0.3) is 5.91 Å². The fourth-order valence-electron chi connectivity index (χ4n) is 1.50. The van der Waals surface area contributed by atoms with Gasteiger partial charge in [-0.2, -0.15) is 0 Å². The molecule has 0 bridgehead atoms. The van der Waals surface area contributed by atoms with Crippen molar-refractivity contribution in [3.63, 3.8) is 0 Å². The molecule has 2 aromatic rings. The van der Waals surface area contributed by atoms with Gasteiger partial charge >= 0.3 is 0 Å². The predicted octanol–water partition coefficient (Wildman–Crippen LogP) is 1.85. The number of carbonyl (C=O) groups is 1. The van der Waals surface area contributed by atoms with Crippen molar-refractivity contribution in [3.8, 4) is 0 Å². The minimum absolute atomic E-state index is 0.113. The third-order valence-electron chi connectivity index (χ3n) is 2.43. The molecule has 0 spiro atoms. The van der Waals surface area contributed by atoms with Crippen LogP contribution in [0.3, 0.4) is 0 Å². The molecule has 18 heavy (non-hydrogen) atoms. The Kier molecular flexibility index (Phi) is 3.88. The van der Waals surface area contributed by atoms with Gasteiger partial charge < -0.3 is 10.2 Å². The Morgan fingerprint density at radius 3 is 2.67 bits per heavy atom. The summed E-state index contributed by atoms with van der Waals surface area (Å²) in [5, 5.41) is 11.6. The van der Waals surface area contributed by atoms with Crippen LogP contribution >= 0.6 is 11.3 Å². The van der Waals surface area contributed by atoms with Crippen molar-refractivity contribution in [1.29, 1.82) is 0 Å². The molecule has 0 saturated carbocycles. The lowest BCUT2D eigenvalue weighted by Crippen LogP contribution is -2.26. The summed E-state index contributed by atoms with van der Waals surface area (Å²) in [6.45, 7) is 0.564. The molecular formula is C12H14N4OS. The molecule has 0 aliphatic heterocycles. The second-order valence-corrected chi connectivity index (χ2v) is 4.79. The van der Waals surface area contributed by atoms with Gasteiger partial charge in [-0.3, -0.25) is 4.79 Å². The summed E-state index contributed by atoms with van der Waals surface area (Å²) >= 11 is 1.26. The van der Waals surface area contributed by atoms with Gasteiger partial charge in [-0.1, -0.05) is 41.7 Å². The molecule has 0 saturated heterocycles. The number of nitrogens with zero attached hydrogens (tertiary/aromatic N) is 3. The van der Waals surface area contributed by atoms with Gasteiger partial charge in [-0.05, 0) is 5.56 Å². The van der Waals surface area contributed by atoms with Gasteiger partial charge in [-0.25, -0.2) is 0 Å². The molecule has 0 fully saturated rings. The minimum atomic E-state index is -0.113. The Morgan fingerprint density at radius 1 is 1.33 bits per heavy atom. The molecule has 1 aromatic heterocycles. The topological polar surface area (TPSA) is 58.1 Å². The van der Waals surface area contributed by atoms with Crippen molar-refractivity contribution in [2.24, 2.45) is 0 Å². The second kappa shape index (κ2) is 5.59. The number of hydrogen-bond acceptors (Lipinski definition) is 5. The maximum atomic E-state index is 12.1. The fourth-order valence-corrected chi connectivity index (χ4v) is 2.19. The summed E-state index contributed by atoms with van der Waals surface area (Å²) in [4.78, 5) is 13.7. The van der Waals surface area contributed by atoms with Crippen LogP contribution in [0.5, 0.6) is 0 Å². The molecule has 0 aliphatic carbocycles. The first kappa shape index (κ1) is 12.5. The van der Waals surface area contributed by atoms with E-state index in [0.29, 0.717) is 16.7 Å². The Morgan fingerprint density at radius 2 is 2.06 bits per heavy atom. The van der Waals surface area contributed by atoms with E-state index in [-0.39, 0.29) is 5.91 Å². The van der Waals surface area contributed by atoms with Crippen molar-refractivity contribution < 1.29 is 4.79 Å². The van der Waals surface area contributed by atoms with Gasteiger partial charge in [0, 0.05) is 20.6 Å². The lowest BCUT2D eigenvalue weighted by atomic mass is 10.2. The van der Waals surface area contributed by atoms with Gasteiger partial charge in [-0.15, -0.1) is 10.2 Å². The van der Waals surface area contributed by atoms with Crippen LogP contribution in [0.4, 0.5) is 5.13 Å². The van der Waals surface area contributed by atoms with E-state index < -0.39 is 0 Å². The van der Waals surface area contributed by atoms with Crippen LogP contribution in [0.1, 0.15) is 15.4 Å². The zero-order valence-corrected chi connectivity index (χ0v) is 11.1. The summed E-state index contributed by atoms with van der Waals surface area (Å²) in [5.41, 5.74) is 1.09. The molecule has 2 rings (SSSR count). The summed E-state index contributed by atoms with van der Waals surface area (Å²) in [5.74, 6) is -0.113. The van der Waals surface area contributed by atoms with E-state index in [2.05, 4.69) is 15.5 Å². The fraction of sp³-hybridized carbons (Fsp3) is 0.250. The average molecular weight is 262 g/mol. The molecule has 1 aromatic carbocycles. The highest BCUT2D eigenvalue weighted by molar-refractivity contribution is 7.17. The standard InChI is InChI=1S/C12H14N4OS/c1-13-12-15-14-10(18-12)11(17)16(2)8-9-6-4-3-5-7-9/h3-7H,8H2,1-2H3,(H,13,15). The highest BCUT2D eigenvalue weighted by Gasteiger charge is 2.16. The molecule has 0 aliphatic rings. The van der Waals surface area contributed by atoms with E-state index >= 15 is 0 Å². The maximum Gasteiger partial charge on any atom is 0.284 e. The molecule has 0 radical (unpaired) electrons. The number of nitrogens with one attached hydrogen (secondary N) is 1. The van der Waals surface area contributed by atoms with Gasteiger partial charge in [0.2, 0.25) is 10.1 Å². The first-order valence-corrected chi connectivity index (χ1v) is 6.33. The lowest BCUT2D eigenvalue weighted by molar-refractivity contribution is 0.0784. The molecule has 94 valence electrons. The zero-order chi connectivity index (χ0) is 13.0. The van der Waals surface area contributed by atoms with Crippen LogP contribution in [-0.4, -0.2) is 35.1 Å². The Balaban J connectivity index is 2.05. The summed E-state index contributed by atoms with van der Waals surface area (Å²) in [7, 11) is 3.51. The molecule has 6 heteroatoms. The third-order valence-corrected chi connectivity index (χ3v) is 3.36. The van der Waals surface area contributed by atoms with E-state index in [1.54, 1.807) is 19.0 Å². The highest BCUT2D eigenvalue weighted by Crippen LogP contribution is 2.16. The molecule has 5 nitrogen and oxygen atoms in total. The Bertz CT molecular complexity index is 526. The second-order valence-electron chi connectivity index (χ2n) is 3.81. The van der Waals surface area contributed by atoms with Crippen LogP contribution in [0.25, 0.3) is 0 Å². The quantitative estimate of drug-likeness (QED) is 0.913. The molecule has 1 heterocycles. The molecule has 1 amide bonds. The average Bonchev–Trinajstić information content (AvgIpc) is 2.87. The predicted molar refractivity (Wildman–Crippen MR) is 71.7 cm³/mol. The van der Waals surface area contributed by atoms with E-state index in [1.165, 1.54) is 11.3 Å². The Hall–Kier alpha value is -1.95. The monoisotopic (exact) mass is 262 g/mol. The van der Waals surface area contributed by atoms with E-state index in [0.717, 1.165) is 5.56 Å². The molecule has 0 atom stereocenters. The number of aromatic nitrogens is 2. The highest BCUT2D eigenvalue weighted by atomic mass is 32.1. The smallest absolute Gasteiger partial charge is 0.284 e. The summed E-state index contributed by atoms with van der Waals surface area (Å²) in [6.07, 6.45) is 0. The molecule has 0 unspecified atom stereocenters. The van der Waals surface area contributed by atoms with Crippen LogP contribution < -0.4 is 5.32 Å². The number of hydrogen-bond donors (Lipinski definition) is 1. The van der Waals surface area contributed by atoms with E-state index in [1.807, 2.05) is 30.3 Å². The number of anilines is 1. The van der Waals surface area contributed by atoms with Gasteiger partial charge in [0.15, 0.2) is 0 Å². The third kappa shape index (κ3) is 2.84. The van der Waals surface area contributed by atoms with Crippen molar-refractivity contribution in [2.45, 2.75) is 6.54 Å². The van der Waals surface area contributed by atoms with Gasteiger partial charge in [0.1, 0.15) is 0 Å². The van der Waals surface area contributed by atoms with Crippen molar-refractivity contribution in [2.75, 3.05) is 19.4 Å². The van der Waals surface area contributed by atoms with Gasteiger partial charge in [0.05, 0.1) is 0 Å². The summed E-state index contributed by atoms with van der Waals surface area (Å²) < 4.78 is 0. The number of rotatable bonds is 4. The minimum Gasteiger partial charge on any atom is -0.363 e.